The molecule has 0 unspecified atom stereocenters. The number of aliphatic hydroxyl groups excluding tert-OH is 1. The quantitative estimate of drug-likeness (QED) is 0.804. The number of aryl methyl sites for hydroxylation is 1. The SMILES string of the molecule is Cc1cc(Cl)c(C(=O)N2CC[C@@H](O)C2)cn1. The predicted molar refractivity (Wildman–Crippen MR) is 60.5 cm³/mol. The number of hydrogen-bond donors (Lipinski definition) is 1. The molecule has 2 rings (SSSR count). The van der Waals surface area contributed by atoms with Crippen molar-refractivity contribution in [3.8, 4) is 0 Å². The molecule has 0 spiro atoms. The molecule has 0 aliphatic carbocycles. The molecule has 1 aromatic rings. The van der Waals surface area contributed by atoms with Gasteiger partial charge >= 0.3 is 0 Å². The van der Waals surface area contributed by atoms with Gasteiger partial charge in [0.1, 0.15) is 0 Å². The summed E-state index contributed by atoms with van der Waals surface area (Å²) in [4.78, 5) is 17.7. The normalized spacial score (nSPS) is 20.2. The predicted octanol–water partition coefficient (Wildman–Crippen LogP) is 1.25. The van der Waals surface area contributed by atoms with E-state index in [9.17, 15) is 9.90 Å². The van der Waals surface area contributed by atoms with Crippen molar-refractivity contribution in [2.75, 3.05) is 13.1 Å². The molecule has 0 saturated carbocycles. The first-order chi connectivity index (χ1) is 7.58. The highest BCUT2D eigenvalue weighted by atomic mass is 35.5. The molecule has 1 atom stereocenters. The minimum Gasteiger partial charge on any atom is -0.391 e. The number of hydrogen-bond acceptors (Lipinski definition) is 3. The molecule has 1 N–H and O–H groups in total. The van der Waals surface area contributed by atoms with Crippen LogP contribution in [0.2, 0.25) is 5.02 Å². The van der Waals surface area contributed by atoms with Gasteiger partial charge in [-0.1, -0.05) is 11.6 Å². The van der Waals surface area contributed by atoms with Gasteiger partial charge in [0.2, 0.25) is 0 Å². The summed E-state index contributed by atoms with van der Waals surface area (Å²) in [5.74, 6) is -0.158. The van der Waals surface area contributed by atoms with E-state index in [1.807, 2.05) is 6.92 Å². The molecule has 0 aromatic carbocycles. The number of rotatable bonds is 1. The third-order valence-corrected chi connectivity index (χ3v) is 2.98. The molecule has 86 valence electrons. The molecule has 16 heavy (non-hydrogen) atoms. The Labute approximate surface area is 98.9 Å². The minimum atomic E-state index is -0.416. The molecular formula is C11H13ClN2O2. The van der Waals surface area contributed by atoms with Crippen molar-refractivity contribution in [2.24, 2.45) is 0 Å². The first-order valence-corrected chi connectivity index (χ1v) is 5.55. The van der Waals surface area contributed by atoms with Crippen LogP contribution in [0.15, 0.2) is 12.3 Å². The lowest BCUT2D eigenvalue weighted by Gasteiger charge is -2.16. The lowest BCUT2D eigenvalue weighted by Crippen LogP contribution is -2.29. The first-order valence-electron chi connectivity index (χ1n) is 5.17. The van der Waals surface area contributed by atoms with Gasteiger partial charge in [-0.05, 0) is 19.4 Å². The highest BCUT2D eigenvalue weighted by molar-refractivity contribution is 6.33. The Morgan fingerprint density at radius 3 is 3.00 bits per heavy atom. The second kappa shape index (κ2) is 4.39. The molecule has 1 saturated heterocycles. The molecule has 5 heteroatoms. The number of amides is 1. The summed E-state index contributed by atoms with van der Waals surface area (Å²) in [5.41, 5.74) is 1.18. The van der Waals surface area contributed by atoms with E-state index in [0.717, 1.165) is 5.69 Å². The molecule has 1 aliphatic rings. The summed E-state index contributed by atoms with van der Waals surface area (Å²) in [6, 6.07) is 1.67. The van der Waals surface area contributed by atoms with E-state index in [1.165, 1.54) is 6.20 Å². The zero-order valence-electron chi connectivity index (χ0n) is 8.98. The van der Waals surface area contributed by atoms with Crippen molar-refractivity contribution in [1.29, 1.82) is 0 Å². The standard InChI is InChI=1S/C11H13ClN2O2/c1-7-4-10(12)9(5-13-7)11(16)14-3-2-8(15)6-14/h4-5,8,15H,2-3,6H2,1H3/t8-/m1/s1. The number of β-amino-alcohol motifs (C(OH)–C–C–N with tert-alkyl or cyclic N) is 1. The molecule has 1 aliphatic heterocycles. The average molecular weight is 241 g/mol. The van der Waals surface area contributed by atoms with Crippen LogP contribution < -0.4 is 0 Å². The fraction of sp³-hybridized carbons (Fsp3) is 0.455. The van der Waals surface area contributed by atoms with E-state index >= 15 is 0 Å². The summed E-state index contributed by atoms with van der Waals surface area (Å²) in [6.07, 6.45) is 1.70. The van der Waals surface area contributed by atoms with Crippen molar-refractivity contribution in [3.05, 3.63) is 28.5 Å². The number of nitrogens with zero attached hydrogens (tertiary/aromatic N) is 2. The van der Waals surface area contributed by atoms with Crippen molar-refractivity contribution in [2.45, 2.75) is 19.4 Å². The summed E-state index contributed by atoms with van der Waals surface area (Å²) in [7, 11) is 0. The number of pyridine rings is 1. The molecule has 1 amide bonds. The van der Waals surface area contributed by atoms with Gasteiger partial charge in [0.05, 0.1) is 16.7 Å². The second-order valence-electron chi connectivity index (χ2n) is 4.00. The van der Waals surface area contributed by atoms with Crippen LogP contribution >= 0.6 is 11.6 Å². The van der Waals surface area contributed by atoms with Crippen molar-refractivity contribution in [1.82, 2.24) is 9.88 Å². The molecule has 1 fully saturated rings. The fourth-order valence-electron chi connectivity index (χ4n) is 1.78. The zero-order valence-corrected chi connectivity index (χ0v) is 9.74. The van der Waals surface area contributed by atoms with E-state index in [4.69, 9.17) is 11.6 Å². The second-order valence-corrected chi connectivity index (χ2v) is 4.41. The van der Waals surface area contributed by atoms with E-state index < -0.39 is 6.10 Å². The summed E-state index contributed by atoms with van der Waals surface area (Å²) in [6.45, 7) is 2.77. The Morgan fingerprint density at radius 1 is 1.69 bits per heavy atom. The van der Waals surface area contributed by atoms with Gasteiger partial charge in [0.25, 0.3) is 5.91 Å². The molecular weight excluding hydrogens is 228 g/mol. The molecule has 2 heterocycles. The van der Waals surface area contributed by atoms with Gasteiger partial charge in [-0.15, -0.1) is 0 Å². The summed E-state index contributed by atoms with van der Waals surface area (Å²) < 4.78 is 0. The first kappa shape index (κ1) is 11.4. The molecule has 0 radical (unpaired) electrons. The number of carbonyl (C=O) groups is 1. The smallest absolute Gasteiger partial charge is 0.257 e. The Morgan fingerprint density at radius 2 is 2.44 bits per heavy atom. The van der Waals surface area contributed by atoms with E-state index in [1.54, 1.807) is 11.0 Å². The minimum absolute atomic E-state index is 0.158. The maximum atomic E-state index is 12.0. The number of likely N-dealkylation sites (tertiary alicyclic amines) is 1. The van der Waals surface area contributed by atoms with Gasteiger partial charge in [0.15, 0.2) is 0 Å². The number of halogens is 1. The van der Waals surface area contributed by atoms with Crippen LogP contribution in [0.1, 0.15) is 22.5 Å². The monoisotopic (exact) mass is 240 g/mol. The number of aliphatic hydroxyl groups is 1. The Balaban J connectivity index is 2.21. The zero-order chi connectivity index (χ0) is 11.7. The van der Waals surface area contributed by atoms with Crippen LogP contribution in [-0.4, -0.2) is 40.1 Å². The third kappa shape index (κ3) is 2.18. The lowest BCUT2D eigenvalue weighted by molar-refractivity contribution is 0.0764. The average Bonchev–Trinajstić information content (AvgIpc) is 2.64. The maximum Gasteiger partial charge on any atom is 0.257 e. The lowest BCUT2D eigenvalue weighted by atomic mass is 10.2. The maximum absolute atomic E-state index is 12.0. The topological polar surface area (TPSA) is 53.4 Å². The third-order valence-electron chi connectivity index (χ3n) is 2.67. The van der Waals surface area contributed by atoms with Gasteiger partial charge < -0.3 is 10.0 Å². The number of aromatic nitrogens is 1. The summed E-state index contributed by atoms with van der Waals surface area (Å²) in [5, 5.41) is 9.78. The van der Waals surface area contributed by atoms with E-state index in [-0.39, 0.29) is 5.91 Å². The van der Waals surface area contributed by atoms with E-state index in [0.29, 0.717) is 30.1 Å². The largest absolute Gasteiger partial charge is 0.391 e. The number of carbonyl (C=O) groups excluding carboxylic acids is 1. The van der Waals surface area contributed by atoms with E-state index in [2.05, 4.69) is 4.98 Å². The summed E-state index contributed by atoms with van der Waals surface area (Å²) >= 11 is 5.99. The molecule has 4 nitrogen and oxygen atoms in total. The van der Waals surface area contributed by atoms with Gasteiger partial charge in [0, 0.05) is 25.0 Å². The van der Waals surface area contributed by atoms with Gasteiger partial charge in [-0.3, -0.25) is 9.78 Å². The van der Waals surface area contributed by atoms with Crippen molar-refractivity contribution >= 4 is 17.5 Å². The molecule has 0 bridgehead atoms. The van der Waals surface area contributed by atoms with Gasteiger partial charge in [-0.25, -0.2) is 0 Å². The van der Waals surface area contributed by atoms with Crippen LogP contribution in [0.4, 0.5) is 0 Å². The van der Waals surface area contributed by atoms with Crippen molar-refractivity contribution in [3.63, 3.8) is 0 Å². The highest BCUT2D eigenvalue weighted by Gasteiger charge is 2.26. The Hall–Kier alpha value is -1.13. The van der Waals surface area contributed by atoms with Gasteiger partial charge in [-0.2, -0.15) is 0 Å². The van der Waals surface area contributed by atoms with Crippen LogP contribution in [0, 0.1) is 6.92 Å². The Kier molecular flexibility index (Phi) is 3.12. The van der Waals surface area contributed by atoms with Crippen LogP contribution in [0.3, 0.4) is 0 Å². The van der Waals surface area contributed by atoms with Crippen molar-refractivity contribution < 1.29 is 9.90 Å². The highest BCUT2D eigenvalue weighted by Crippen LogP contribution is 2.20. The van der Waals surface area contributed by atoms with Crippen LogP contribution in [0.5, 0.6) is 0 Å². The van der Waals surface area contributed by atoms with Crippen LogP contribution in [0.25, 0.3) is 0 Å². The molecule has 1 aromatic heterocycles. The Bertz CT molecular complexity index is 422. The fourth-order valence-corrected chi connectivity index (χ4v) is 2.07. The van der Waals surface area contributed by atoms with Crippen LogP contribution in [-0.2, 0) is 0 Å².